The lowest BCUT2D eigenvalue weighted by atomic mass is 9.83. The zero-order valence-electron chi connectivity index (χ0n) is 12.4. The summed E-state index contributed by atoms with van der Waals surface area (Å²) in [4.78, 5) is 12.1. The number of carbonyl (C=O) groups excluding carboxylic acids is 1. The van der Waals surface area contributed by atoms with Crippen molar-refractivity contribution in [3.8, 4) is 0 Å². The van der Waals surface area contributed by atoms with Crippen molar-refractivity contribution in [2.75, 3.05) is 18.6 Å². The molecule has 4 nitrogen and oxygen atoms in total. The Balaban J connectivity index is 1.72. The number of hydrogen-bond acceptors (Lipinski definition) is 3. The molecule has 2 rings (SSSR count). The number of hydrogen-bond donors (Lipinski definition) is 3. The minimum absolute atomic E-state index is 0.0565. The van der Waals surface area contributed by atoms with Crippen molar-refractivity contribution in [1.29, 1.82) is 0 Å². The van der Waals surface area contributed by atoms with E-state index in [4.69, 9.17) is 5.11 Å². The highest BCUT2D eigenvalue weighted by Crippen LogP contribution is 2.43. The quantitative estimate of drug-likeness (QED) is 0.676. The van der Waals surface area contributed by atoms with Gasteiger partial charge in [0.1, 0.15) is 0 Å². The van der Waals surface area contributed by atoms with E-state index in [-0.39, 0.29) is 18.7 Å². The molecule has 2 saturated carbocycles. The second-order valence-corrected chi connectivity index (χ2v) is 7.15. The third kappa shape index (κ3) is 5.17. The van der Waals surface area contributed by atoms with Crippen LogP contribution in [0.4, 0.5) is 4.79 Å². The number of carbonyl (C=O) groups is 1. The SMILES string of the molecule is CSCC(CCO)NC(=O)NC1CCCC(C2CC2)C1. The molecule has 0 radical (unpaired) electrons. The molecule has 0 aromatic carbocycles. The minimum atomic E-state index is -0.0565. The van der Waals surface area contributed by atoms with E-state index < -0.39 is 0 Å². The van der Waals surface area contributed by atoms with E-state index in [9.17, 15) is 4.79 Å². The van der Waals surface area contributed by atoms with Crippen LogP contribution in [0.5, 0.6) is 0 Å². The van der Waals surface area contributed by atoms with Gasteiger partial charge in [-0.2, -0.15) is 11.8 Å². The van der Waals surface area contributed by atoms with Gasteiger partial charge in [0.05, 0.1) is 0 Å². The molecule has 0 aromatic rings. The molecule has 0 bridgehead atoms. The van der Waals surface area contributed by atoms with Gasteiger partial charge < -0.3 is 15.7 Å². The molecule has 2 amide bonds. The Hall–Kier alpha value is -0.420. The molecule has 2 fully saturated rings. The van der Waals surface area contributed by atoms with Gasteiger partial charge in [-0.05, 0) is 50.2 Å². The topological polar surface area (TPSA) is 61.4 Å². The molecule has 3 N–H and O–H groups in total. The van der Waals surface area contributed by atoms with Crippen LogP contribution in [0.15, 0.2) is 0 Å². The zero-order chi connectivity index (χ0) is 14.4. The molecule has 0 aliphatic heterocycles. The highest BCUT2D eigenvalue weighted by atomic mass is 32.2. The Morgan fingerprint density at radius 3 is 2.75 bits per heavy atom. The summed E-state index contributed by atoms with van der Waals surface area (Å²) in [6.07, 6.45) is 10.3. The first kappa shape index (κ1) is 16.0. The van der Waals surface area contributed by atoms with Crippen LogP contribution in [0.2, 0.25) is 0 Å². The number of amides is 2. The van der Waals surface area contributed by atoms with Gasteiger partial charge in [0.2, 0.25) is 0 Å². The van der Waals surface area contributed by atoms with E-state index in [1.165, 1.54) is 25.7 Å². The average molecular weight is 300 g/mol. The van der Waals surface area contributed by atoms with Crippen LogP contribution in [-0.4, -0.2) is 41.8 Å². The summed E-state index contributed by atoms with van der Waals surface area (Å²) in [7, 11) is 0. The van der Waals surface area contributed by atoms with Gasteiger partial charge in [0.25, 0.3) is 0 Å². The third-order valence-corrected chi connectivity index (χ3v) is 5.25. The van der Waals surface area contributed by atoms with Crippen molar-refractivity contribution in [2.45, 2.75) is 57.0 Å². The highest BCUT2D eigenvalue weighted by Gasteiger charge is 2.35. The number of nitrogens with one attached hydrogen (secondary N) is 2. The monoisotopic (exact) mass is 300 g/mol. The second kappa shape index (κ2) is 8.13. The van der Waals surface area contributed by atoms with Gasteiger partial charge in [-0.25, -0.2) is 4.79 Å². The summed E-state index contributed by atoms with van der Waals surface area (Å²) < 4.78 is 0. The van der Waals surface area contributed by atoms with E-state index >= 15 is 0 Å². The second-order valence-electron chi connectivity index (χ2n) is 6.24. The fourth-order valence-corrected chi connectivity index (χ4v) is 3.97. The first-order chi connectivity index (χ1) is 9.72. The Bertz CT molecular complexity index is 304. The van der Waals surface area contributed by atoms with Crippen LogP contribution in [0, 0.1) is 11.8 Å². The molecule has 116 valence electrons. The fraction of sp³-hybridized carbons (Fsp3) is 0.933. The van der Waals surface area contributed by atoms with Crippen molar-refractivity contribution < 1.29 is 9.90 Å². The zero-order valence-corrected chi connectivity index (χ0v) is 13.3. The van der Waals surface area contributed by atoms with Crippen LogP contribution < -0.4 is 10.6 Å². The summed E-state index contributed by atoms with van der Waals surface area (Å²) in [6, 6.07) is 0.357. The lowest BCUT2D eigenvalue weighted by Crippen LogP contribution is -2.48. The first-order valence-corrected chi connectivity index (χ1v) is 9.29. The molecule has 0 aromatic heterocycles. The van der Waals surface area contributed by atoms with Gasteiger partial charge >= 0.3 is 6.03 Å². The number of rotatable bonds is 7. The smallest absolute Gasteiger partial charge is 0.315 e. The van der Waals surface area contributed by atoms with Crippen molar-refractivity contribution in [1.82, 2.24) is 10.6 Å². The maximum Gasteiger partial charge on any atom is 0.315 e. The Morgan fingerprint density at radius 2 is 2.10 bits per heavy atom. The molecule has 3 unspecified atom stereocenters. The maximum absolute atomic E-state index is 12.1. The number of thioether (sulfide) groups is 1. The lowest BCUT2D eigenvalue weighted by molar-refractivity contribution is 0.214. The molecule has 2 aliphatic rings. The predicted molar refractivity (Wildman–Crippen MR) is 84.0 cm³/mol. The summed E-state index contributed by atoms with van der Waals surface area (Å²) in [5, 5.41) is 15.2. The Kier molecular flexibility index (Phi) is 6.49. The molecule has 0 saturated heterocycles. The van der Waals surface area contributed by atoms with Crippen molar-refractivity contribution in [3.63, 3.8) is 0 Å². The van der Waals surface area contributed by atoms with Crippen molar-refractivity contribution in [3.05, 3.63) is 0 Å². The van der Waals surface area contributed by atoms with E-state index in [0.29, 0.717) is 12.5 Å². The summed E-state index contributed by atoms with van der Waals surface area (Å²) >= 11 is 1.70. The standard InChI is InChI=1S/C15H28N2O2S/c1-20-10-14(7-8-18)17-15(19)16-13-4-2-3-12(9-13)11-5-6-11/h11-14,18H,2-10H2,1H3,(H2,16,17,19). The van der Waals surface area contributed by atoms with Crippen LogP contribution >= 0.6 is 11.8 Å². The van der Waals surface area contributed by atoms with E-state index in [1.54, 1.807) is 11.8 Å². The van der Waals surface area contributed by atoms with Gasteiger partial charge in [0.15, 0.2) is 0 Å². The molecule has 2 aliphatic carbocycles. The molecule has 3 atom stereocenters. The third-order valence-electron chi connectivity index (χ3n) is 4.52. The van der Waals surface area contributed by atoms with E-state index in [1.807, 2.05) is 6.26 Å². The molecule has 5 heteroatoms. The first-order valence-electron chi connectivity index (χ1n) is 7.89. The van der Waals surface area contributed by atoms with Crippen molar-refractivity contribution in [2.24, 2.45) is 11.8 Å². The number of urea groups is 1. The van der Waals surface area contributed by atoms with Crippen LogP contribution in [-0.2, 0) is 0 Å². The van der Waals surface area contributed by atoms with E-state index in [2.05, 4.69) is 10.6 Å². The summed E-state index contributed by atoms with van der Waals surface area (Å²) in [5.41, 5.74) is 0. The maximum atomic E-state index is 12.1. The largest absolute Gasteiger partial charge is 0.396 e. The Morgan fingerprint density at radius 1 is 1.30 bits per heavy atom. The number of aliphatic hydroxyl groups excluding tert-OH is 1. The van der Waals surface area contributed by atoms with Gasteiger partial charge in [0, 0.05) is 24.4 Å². The van der Waals surface area contributed by atoms with Gasteiger partial charge in [-0.15, -0.1) is 0 Å². The Labute approximate surface area is 126 Å². The molecule has 0 heterocycles. The molecule has 20 heavy (non-hydrogen) atoms. The minimum Gasteiger partial charge on any atom is -0.396 e. The van der Waals surface area contributed by atoms with E-state index in [0.717, 1.165) is 30.4 Å². The van der Waals surface area contributed by atoms with Crippen molar-refractivity contribution >= 4 is 17.8 Å². The number of aliphatic hydroxyl groups is 1. The summed E-state index contributed by atoms with van der Waals surface area (Å²) in [6.45, 7) is 0.124. The molecule has 0 spiro atoms. The van der Waals surface area contributed by atoms with Crippen LogP contribution in [0.25, 0.3) is 0 Å². The van der Waals surface area contributed by atoms with Crippen LogP contribution in [0.3, 0.4) is 0 Å². The normalized spacial score (nSPS) is 27.9. The van der Waals surface area contributed by atoms with Crippen LogP contribution in [0.1, 0.15) is 44.9 Å². The van der Waals surface area contributed by atoms with Gasteiger partial charge in [-0.1, -0.05) is 12.8 Å². The highest BCUT2D eigenvalue weighted by molar-refractivity contribution is 7.98. The summed E-state index contributed by atoms with van der Waals surface area (Å²) in [5.74, 6) is 2.64. The average Bonchev–Trinajstić information content (AvgIpc) is 3.23. The lowest BCUT2D eigenvalue weighted by Gasteiger charge is -2.30. The molecular formula is C15H28N2O2S. The molecular weight excluding hydrogens is 272 g/mol. The fourth-order valence-electron chi connectivity index (χ4n) is 3.32. The predicted octanol–water partition coefficient (Wildman–Crippen LogP) is 2.37. The van der Waals surface area contributed by atoms with Gasteiger partial charge in [-0.3, -0.25) is 0 Å².